The van der Waals surface area contributed by atoms with E-state index < -0.39 is 11.7 Å². The quantitative estimate of drug-likeness (QED) is 0.839. The SMILES string of the molecule is Cc1cc(N(C)C2CCN(c3ccc(C(F)(F)F)cc3C#N)C2)ncn1. The fraction of sp³-hybridized carbons (Fsp3) is 0.389. The van der Waals surface area contributed by atoms with Crippen molar-refractivity contribution in [3.63, 3.8) is 0 Å². The number of rotatable bonds is 3. The summed E-state index contributed by atoms with van der Waals surface area (Å²) in [5, 5.41) is 9.28. The molecular weight excluding hydrogens is 343 g/mol. The van der Waals surface area contributed by atoms with Gasteiger partial charge in [-0.1, -0.05) is 0 Å². The number of aromatic nitrogens is 2. The molecule has 136 valence electrons. The fourth-order valence-electron chi connectivity index (χ4n) is 3.17. The maximum atomic E-state index is 12.9. The molecule has 5 nitrogen and oxygen atoms in total. The molecule has 0 aliphatic carbocycles. The van der Waals surface area contributed by atoms with E-state index in [9.17, 15) is 18.4 Å². The van der Waals surface area contributed by atoms with Crippen LogP contribution in [0.2, 0.25) is 0 Å². The Morgan fingerprint density at radius 3 is 2.69 bits per heavy atom. The molecule has 1 aliphatic rings. The number of likely N-dealkylation sites (N-methyl/N-ethyl adjacent to an activating group) is 1. The molecule has 0 N–H and O–H groups in total. The van der Waals surface area contributed by atoms with Gasteiger partial charge in [-0.2, -0.15) is 18.4 Å². The normalized spacial score (nSPS) is 17.2. The molecular formula is C18H18F3N5. The van der Waals surface area contributed by atoms with Crippen molar-refractivity contribution in [2.45, 2.75) is 25.6 Å². The predicted octanol–water partition coefficient (Wildman–Crippen LogP) is 3.39. The van der Waals surface area contributed by atoms with Crippen LogP contribution in [0.5, 0.6) is 0 Å². The van der Waals surface area contributed by atoms with Gasteiger partial charge in [0.25, 0.3) is 0 Å². The average Bonchev–Trinajstić information content (AvgIpc) is 3.09. The molecule has 1 unspecified atom stereocenters. The van der Waals surface area contributed by atoms with Gasteiger partial charge in [0.05, 0.1) is 16.8 Å². The number of nitriles is 1. The van der Waals surface area contributed by atoms with Crippen molar-refractivity contribution < 1.29 is 13.2 Å². The highest BCUT2D eigenvalue weighted by Gasteiger charge is 2.33. The molecule has 1 aromatic carbocycles. The second-order valence-electron chi connectivity index (χ2n) is 6.36. The van der Waals surface area contributed by atoms with Gasteiger partial charge in [-0.3, -0.25) is 0 Å². The molecule has 1 atom stereocenters. The van der Waals surface area contributed by atoms with Crippen LogP contribution in [0, 0.1) is 18.3 Å². The summed E-state index contributed by atoms with van der Waals surface area (Å²) in [7, 11) is 1.94. The summed E-state index contributed by atoms with van der Waals surface area (Å²) < 4.78 is 38.6. The first-order valence-electron chi connectivity index (χ1n) is 8.17. The summed E-state index contributed by atoms with van der Waals surface area (Å²) in [4.78, 5) is 12.4. The van der Waals surface area contributed by atoms with Crippen LogP contribution in [-0.4, -0.2) is 36.1 Å². The van der Waals surface area contributed by atoms with Gasteiger partial charge in [0.1, 0.15) is 18.2 Å². The minimum absolute atomic E-state index is 0.0426. The highest BCUT2D eigenvalue weighted by atomic mass is 19.4. The topological polar surface area (TPSA) is 56.0 Å². The molecule has 1 saturated heterocycles. The van der Waals surface area contributed by atoms with E-state index in [0.29, 0.717) is 18.8 Å². The number of halogens is 3. The Labute approximate surface area is 149 Å². The summed E-state index contributed by atoms with van der Waals surface area (Å²) in [6, 6.07) is 7.27. The van der Waals surface area contributed by atoms with E-state index >= 15 is 0 Å². The number of nitrogens with zero attached hydrogens (tertiary/aromatic N) is 5. The molecule has 1 aliphatic heterocycles. The molecule has 1 fully saturated rings. The van der Waals surface area contributed by atoms with Crippen LogP contribution in [0.15, 0.2) is 30.6 Å². The first-order chi connectivity index (χ1) is 12.3. The minimum Gasteiger partial charge on any atom is -0.368 e. The zero-order valence-electron chi connectivity index (χ0n) is 14.5. The van der Waals surface area contributed by atoms with Crippen LogP contribution in [0.4, 0.5) is 24.7 Å². The number of aryl methyl sites for hydroxylation is 1. The Morgan fingerprint density at radius 2 is 2.04 bits per heavy atom. The molecule has 0 radical (unpaired) electrons. The van der Waals surface area contributed by atoms with Gasteiger partial charge in [0.15, 0.2) is 0 Å². The third kappa shape index (κ3) is 3.57. The van der Waals surface area contributed by atoms with E-state index in [1.165, 1.54) is 12.4 Å². The predicted molar refractivity (Wildman–Crippen MR) is 91.9 cm³/mol. The average molecular weight is 361 g/mol. The third-order valence-electron chi connectivity index (χ3n) is 4.65. The Bertz CT molecular complexity index is 843. The van der Waals surface area contributed by atoms with E-state index in [2.05, 4.69) is 9.97 Å². The van der Waals surface area contributed by atoms with Crippen molar-refractivity contribution in [3.05, 3.63) is 47.4 Å². The van der Waals surface area contributed by atoms with Gasteiger partial charge in [-0.25, -0.2) is 9.97 Å². The van der Waals surface area contributed by atoms with Crippen LogP contribution in [-0.2, 0) is 6.18 Å². The molecule has 3 rings (SSSR count). The zero-order chi connectivity index (χ0) is 18.9. The lowest BCUT2D eigenvalue weighted by Gasteiger charge is -2.27. The number of alkyl halides is 3. The molecule has 8 heteroatoms. The third-order valence-corrected chi connectivity index (χ3v) is 4.65. The van der Waals surface area contributed by atoms with Crippen LogP contribution < -0.4 is 9.80 Å². The first-order valence-corrected chi connectivity index (χ1v) is 8.17. The summed E-state index contributed by atoms with van der Waals surface area (Å²) in [5.41, 5.74) is 0.643. The molecule has 0 bridgehead atoms. The molecule has 26 heavy (non-hydrogen) atoms. The summed E-state index contributed by atoms with van der Waals surface area (Å²) in [6.07, 6.45) is -2.12. The lowest BCUT2D eigenvalue weighted by Crippen LogP contribution is -2.35. The maximum Gasteiger partial charge on any atom is 0.416 e. The molecule has 2 aromatic rings. The largest absolute Gasteiger partial charge is 0.416 e. The molecule has 2 heterocycles. The van der Waals surface area contributed by atoms with Crippen LogP contribution in [0.3, 0.4) is 0 Å². The van der Waals surface area contributed by atoms with Gasteiger partial charge >= 0.3 is 6.18 Å². The second kappa shape index (κ2) is 6.83. The van der Waals surface area contributed by atoms with Crippen molar-refractivity contribution in [2.24, 2.45) is 0 Å². The van der Waals surface area contributed by atoms with Gasteiger partial charge in [-0.05, 0) is 31.5 Å². The van der Waals surface area contributed by atoms with Crippen LogP contribution >= 0.6 is 0 Å². The molecule has 0 spiro atoms. The van der Waals surface area contributed by atoms with Crippen LogP contribution in [0.25, 0.3) is 0 Å². The molecule has 0 saturated carbocycles. The number of hydrogen-bond acceptors (Lipinski definition) is 5. The maximum absolute atomic E-state index is 12.9. The monoisotopic (exact) mass is 361 g/mol. The number of anilines is 2. The van der Waals surface area contributed by atoms with Crippen molar-refractivity contribution in [1.29, 1.82) is 5.26 Å². The van der Waals surface area contributed by atoms with E-state index in [4.69, 9.17) is 0 Å². The van der Waals surface area contributed by atoms with Crippen molar-refractivity contribution in [3.8, 4) is 6.07 Å². The number of benzene rings is 1. The van der Waals surface area contributed by atoms with Crippen molar-refractivity contribution in [1.82, 2.24) is 9.97 Å². The Kier molecular flexibility index (Phi) is 4.72. The highest BCUT2D eigenvalue weighted by molar-refractivity contribution is 5.62. The van der Waals surface area contributed by atoms with Gasteiger partial charge in [0.2, 0.25) is 0 Å². The van der Waals surface area contributed by atoms with Gasteiger partial charge < -0.3 is 9.80 Å². The second-order valence-corrected chi connectivity index (χ2v) is 6.36. The van der Waals surface area contributed by atoms with Gasteiger partial charge in [0, 0.05) is 37.9 Å². The van der Waals surface area contributed by atoms with Gasteiger partial charge in [-0.15, -0.1) is 0 Å². The Balaban J connectivity index is 1.79. The first kappa shape index (κ1) is 18.0. The van der Waals surface area contributed by atoms with E-state index in [1.54, 1.807) is 0 Å². The fourth-order valence-corrected chi connectivity index (χ4v) is 3.17. The molecule has 0 amide bonds. The van der Waals surface area contributed by atoms with E-state index in [0.717, 1.165) is 30.1 Å². The van der Waals surface area contributed by atoms with E-state index in [-0.39, 0.29) is 11.6 Å². The summed E-state index contributed by atoms with van der Waals surface area (Å²) in [5.74, 6) is 0.803. The van der Waals surface area contributed by atoms with Crippen molar-refractivity contribution >= 4 is 11.5 Å². The standard InChI is InChI=1S/C18H18F3N5/c1-12-7-17(24-11-23-12)25(2)15-5-6-26(10-15)16-4-3-14(18(19,20)21)8-13(16)9-22/h3-4,7-8,11,15H,5-6,10H2,1-2H3. The van der Waals surface area contributed by atoms with E-state index in [1.807, 2.05) is 35.9 Å². The van der Waals surface area contributed by atoms with Crippen LogP contribution in [0.1, 0.15) is 23.2 Å². The summed E-state index contributed by atoms with van der Waals surface area (Å²) >= 11 is 0. The lowest BCUT2D eigenvalue weighted by molar-refractivity contribution is -0.137. The zero-order valence-corrected chi connectivity index (χ0v) is 14.5. The smallest absolute Gasteiger partial charge is 0.368 e. The Morgan fingerprint density at radius 1 is 1.27 bits per heavy atom. The lowest BCUT2D eigenvalue weighted by atomic mass is 10.1. The Hall–Kier alpha value is -2.82. The number of hydrogen-bond donors (Lipinski definition) is 0. The van der Waals surface area contributed by atoms with Crippen molar-refractivity contribution in [2.75, 3.05) is 29.9 Å². The summed E-state index contributed by atoms with van der Waals surface area (Å²) in [6.45, 7) is 3.17. The highest BCUT2D eigenvalue weighted by Crippen LogP contribution is 2.34. The minimum atomic E-state index is -4.46. The molecule has 1 aromatic heterocycles.